The van der Waals surface area contributed by atoms with Crippen molar-refractivity contribution in [1.82, 2.24) is 5.32 Å². The molecule has 12 heavy (non-hydrogen) atoms. The summed E-state index contributed by atoms with van der Waals surface area (Å²) in [4.78, 5) is 0. The van der Waals surface area contributed by atoms with Gasteiger partial charge >= 0.3 is 0 Å². The van der Waals surface area contributed by atoms with Gasteiger partial charge < -0.3 is 10.4 Å². The molecule has 1 saturated heterocycles. The molecule has 1 aliphatic heterocycles. The van der Waals surface area contributed by atoms with E-state index in [-0.39, 0.29) is 5.75 Å². The zero-order valence-corrected chi connectivity index (χ0v) is 8.02. The van der Waals surface area contributed by atoms with Gasteiger partial charge in [0.05, 0.1) is 11.4 Å². The van der Waals surface area contributed by atoms with Crippen molar-refractivity contribution >= 4 is 9.84 Å². The number of aliphatic hydroxyl groups is 1. The van der Waals surface area contributed by atoms with Crippen molar-refractivity contribution in [3.63, 3.8) is 0 Å². The molecular weight excluding hydrogens is 178 g/mol. The molecule has 4 nitrogen and oxygen atoms in total. The number of hydrogen-bond donors (Lipinski definition) is 2. The van der Waals surface area contributed by atoms with Crippen molar-refractivity contribution in [2.24, 2.45) is 0 Å². The highest BCUT2D eigenvalue weighted by Crippen LogP contribution is 2.19. The molecule has 0 amide bonds. The Morgan fingerprint density at radius 2 is 1.92 bits per heavy atom. The van der Waals surface area contributed by atoms with Crippen LogP contribution in [0.15, 0.2) is 0 Å². The molecule has 0 atom stereocenters. The lowest BCUT2D eigenvalue weighted by atomic mass is 9.95. The molecule has 1 fully saturated rings. The maximum Gasteiger partial charge on any atom is 0.150 e. The molecule has 0 radical (unpaired) electrons. The molecule has 0 bridgehead atoms. The van der Waals surface area contributed by atoms with Gasteiger partial charge in [-0.2, -0.15) is 0 Å². The first-order chi connectivity index (χ1) is 5.41. The minimum atomic E-state index is -3.06. The predicted molar refractivity (Wildman–Crippen MR) is 46.8 cm³/mol. The van der Waals surface area contributed by atoms with Crippen molar-refractivity contribution in [1.29, 1.82) is 0 Å². The van der Waals surface area contributed by atoms with E-state index in [0.29, 0.717) is 25.9 Å². The Morgan fingerprint density at radius 1 is 1.42 bits per heavy atom. The Bertz CT molecular complexity index is 241. The maximum absolute atomic E-state index is 10.9. The standard InChI is InChI=1S/C7H15NO3S/c1-12(10,11)6-7(9)2-4-8-5-3-7/h8-9H,2-6H2,1H3. The lowest BCUT2D eigenvalue weighted by Gasteiger charge is -2.31. The lowest BCUT2D eigenvalue weighted by Crippen LogP contribution is -2.46. The highest BCUT2D eigenvalue weighted by Gasteiger charge is 2.32. The molecule has 0 unspecified atom stereocenters. The molecule has 1 heterocycles. The van der Waals surface area contributed by atoms with E-state index in [1.165, 1.54) is 0 Å². The molecule has 0 aromatic carbocycles. The van der Waals surface area contributed by atoms with Crippen LogP contribution in [0.2, 0.25) is 0 Å². The van der Waals surface area contributed by atoms with E-state index in [0.717, 1.165) is 6.26 Å². The number of hydrogen-bond acceptors (Lipinski definition) is 4. The van der Waals surface area contributed by atoms with Crippen LogP contribution in [0.1, 0.15) is 12.8 Å². The van der Waals surface area contributed by atoms with Gasteiger partial charge in [-0.1, -0.05) is 0 Å². The predicted octanol–water partition coefficient (Wildman–Crippen LogP) is -0.854. The van der Waals surface area contributed by atoms with Crippen molar-refractivity contribution in [2.45, 2.75) is 18.4 Å². The Morgan fingerprint density at radius 3 is 2.33 bits per heavy atom. The van der Waals surface area contributed by atoms with Crippen molar-refractivity contribution in [3.8, 4) is 0 Å². The molecule has 1 aliphatic rings. The van der Waals surface area contributed by atoms with Crippen LogP contribution in [0.3, 0.4) is 0 Å². The van der Waals surface area contributed by atoms with Crippen LogP contribution in [-0.4, -0.2) is 44.2 Å². The van der Waals surface area contributed by atoms with Crippen LogP contribution in [0.4, 0.5) is 0 Å². The summed E-state index contributed by atoms with van der Waals surface area (Å²) in [7, 11) is -3.06. The van der Waals surface area contributed by atoms with Crippen LogP contribution in [0.5, 0.6) is 0 Å². The third kappa shape index (κ3) is 3.08. The summed E-state index contributed by atoms with van der Waals surface area (Å²) in [5.41, 5.74) is -0.987. The Kier molecular flexibility index (Phi) is 2.75. The summed E-state index contributed by atoms with van der Waals surface area (Å²) in [5.74, 6) is -0.109. The zero-order chi connectivity index (χ0) is 9.24. The second-order valence-electron chi connectivity index (χ2n) is 3.54. The third-order valence-corrected chi connectivity index (χ3v) is 3.13. The van der Waals surface area contributed by atoms with E-state index >= 15 is 0 Å². The Balaban J connectivity index is 2.59. The summed E-state index contributed by atoms with van der Waals surface area (Å²) in [6, 6.07) is 0. The average molecular weight is 193 g/mol. The maximum atomic E-state index is 10.9. The van der Waals surface area contributed by atoms with Gasteiger partial charge in [0.2, 0.25) is 0 Å². The molecule has 5 heteroatoms. The van der Waals surface area contributed by atoms with Gasteiger partial charge in [-0.25, -0.2) is 8.42 Å². The number of nitrogens with one attached hydrogen (secondary N) is 1. The highest BCUT2D eigenvalue weighted by atomic mass is 32.2. The largest absolute Gasteiger partial charge is 0.389 e. The van der Waals surface area contributed by atoms with Gasteiger partial charge in [0.25, 0.3) is 0 Å². The van der Waals surface area contributed by atoms with E-state index in [1.807, 2.05) is 0 Å². The van der Waals surface area contributed by atoms with Gasteiger partial charge in [-0.05, 0) is 25.9 Å². The molecule has 2 N–H and O–H groups in total. The first-order valence-corrected chi connectivity index (χ1v) is 6.08. The molecular formula is C7H15NO3S. The SMILES string of the molecule is CS(=O)(=O)CC1(O)CCNCC1. The van der Waals surface area contributed by atoms with Crippen LogP contribution >= 0.6 is 0 Å². The minimum Gasteiger partial charge on any atom is -0.389 e. The van der Waals surface area contributed by atoms with Gasteiger partial charge in [-0.3, -0.25) is 0 Å². The molecule has 0 spiro atoms. The second-order valence-corrected chi connectivity index (χ2v) is 5.68. The quantitative estimate of drug-likeness (QED) is 0.599. The van der Waals surface area contributed by atoms with Gasteiger partial charge in [0.1, 0.15) is 9.84 Å². The van der Waals surface area contributed by atoms with Crippen LogP contribution < -0.4 is 5.32 Å². The van der Waals surface area contributed by atoms with Crippen LogP contribution in [0, 0.1) is 0 Å². The first-order valence-electron chi connectivity index (χ1n) is 4.02. The van der Waals surface area contributed by atoms with E-state index in [4.69, 9.17) is 0 Å². The third-order valence-electron chi connectivity index (χ3n) is 2.07. The van der Waals surface area contributed by atoms with Gasteiger partial charge in [0.15, 0.2) is 0 Å². The van der Waals surface area contributed by atoms with E-state index in [2.05, 4.69) is 5.32 Å². The monoisotopic (exact) mass is 193 g/mol. The minimum absolute atomic E-state index is 0.109. The molecule has 1 rings (SSSR count). The fourth-order valence-electron chi connectivity index (χ4n) is 1.52. The first kappa shape index (κ1) is 9.95. The summed E-state index contributed by atoms with van der Waals surface area (Å²) >= 11 is 0. The van der Waals surface area contributed by atoms with Crippen LogP contribution in [-0.2, 0) is 9.84 Å². The lowest BCUT2D eigenvalue weighted by molar-refractivity contribution is 0.0324. The summed E-state index contributed by atoms with van der Waals surface area (Å²) in [6.07, 6.45) is 2.22. The normalized spacial score (nSPS) is 23.8. The second kappa shape index (κ2) is 3.32. The summed E-state index contributed by atoms with van der Waals surface area (Å²) < 4.78 is 21.8. The van der Waals surface area contributed by atoms with E-state index < -0.39 is 15.4 Å². The molecule has 0 saturated carbocycles. The summed E-state index contributed by atoms with van der Waals surface area (Å²) in [6.45, 7) is 1.40. The number of rotatable bonds is 2. The Hall–Kier alpha value is -0.130. The van der Waals surface area contributed by atoms with Crippen LogP contribution in [0.25, 0.3) is 0 Å². The fourth-order valence-corrected chi connectivity index (χ4v) is 2.79. The summed E-state index contributed by atoms with van der Waals surface area (Å²) in [5, 5.41) is 12.9. The molecule has 0 aromatic heterocycles. The number of sulfone groups is 1. The van der Waals surface area contributed by atoms with Crippen molar-refractivity contribution in [3.05, 3.63) is 0 Å². The fraction of sp³-hybridized carbons (Fsp3) is 1.00. The Labute approximate surface area is 72.9 Å². The van der Waals surface area contributed by atoms with Crippen molar-refractivity contribution < 1.29 is 13.5 Å². The van der Waals surface area contributed by atoms with E-state index in [1.54, 1.807) is 0 Å². The molecule has 72 valence electrons. The zero-order valence-electron chi connectivity index (χ0n) is 7.21. The topological polar surface area (TPSA) is 66.4 Å². The highest BCUT2D eigenvalue weighted by molar-refractivity contribution is 7.90. The molecule has 0 aromatic rings. The smallest absolute Gasteiger partial charge is 0.150 e. The average Bonchev–Trinajstić information content (AvgIpc) is 1.83. The van der Waals surface area contributed by atoms with Gasteiger partial charge in [0, 0.05) is 6.26 Å². The number of piperidine rings is 1. The molecule has 0 aliphatic carbocycles. The van der Waals surface area contributed by atoms with Gasteiger partial charge in [-0.15, -0.1) is 0 Å². The van der Waals surface area contributed by atoms with Crippen molar-refractivity contribution in [2.75, 3.05) is 25.1 Å². The van der Waals surface area contributed by atoms with E-state index in [9.17, 15) is 13.5 Å².